The van der Waals surface area contributed by atoms with Gasteiger partial charge in [-0.3, -0.25) is 10.1 Å². The van der Waals surface area contributed by atoms with Gasteiger partial charge in [-0.2, -0.15) is 5.26 Å². The molecule has 34 heavy (non-hydrogen) atoms. The molecule has 3 aromatic rings. The Kier molecular flexibility index (Phi) is 5.15. The maximum Gasteiger partial charge on any atom is 0.268 e. The number of hydrogen-bond donors (Lipinski definition) is 1. The van der Waals surface area contributed by atoms with Crippen molar-refractivity contribution < 1.29 is 23.7 Å². The lowest BCUT2D eigenvalue weighted by atomic mass is 9.84. The number of hydrogen-bond acceptors (Lipinski definition) is 10. The van der Waals surface area contributed by atoms with Gasteiger partial charge in [0.15, 0.2) is 16.3 Å². The molecule has 0 radical (unpaired) electrons. The highest BCUT2D eigenvalue weighted by Crippen LogP contribution is 2.52. The molecule has 1 saturated heterocycles. The van der Waals surface area contributed by atoms with Crippen molar-refractivity contribution in [3.05, 3.63) is 40.5 Å². The van der Waals surface area contributed by atoms with Gasteiger partial charge < -0.3 is 18.9 Å². The summed E-state index contributed by atoms with van der Waals surface area (Å²) in [5.74, 6) is 0.317. The minimum atomic E-state index is -0.677. The molecule has 2 aromatic heterocycles. The number of anilines is 1. The minimum Gasteiger partial charge on any atom is -0.480 e. The van der Waals surface area contributed by atoms with Crippen LogP contribution in [0.15, 0.2) is 24.5 Å². The number of fused-ring (bicyclic) bond motifs is 4. The Hall–Kier alpha value is -3.75. The molecule has 0 atom stereocenters. The normalized spacial score (nSPS) is 15.3. The lowest BCUT2D eigenvalue weighted by Gasteiger charge is -2.43. The molecule has 1 N–H and O–H groups in total. The summed E-state index contributed by atoms with van der Waals surface area (Å²) in [7, 11) is 2.83. The quantitative estimate of drug-likeness (QED) is 0.586. The number of nitrogens with zero attached hydrogens (tertiary/aromatic N) is 4. The fourth-order valence-electron chi connectivity index (χ4n) is 3.87. The Labute approximate surface area is 199 Å². The first kappa shape index (κ1) is 22.1. The van der Waals surface area contributed by atoms with Gasteiger partial charge in [-0.05, 0) is 31.5 Å². The molecule has 0 aliphatic carbocycles. The van der Waals surface area contributed by atoms with Crippen molar-refractivity contribution in [3.8, 4) is 34.8 Å². The van der Waals surface area contributed by atoms with Gasteiger partial charge in [0.05, 0.1) is 49.5 Å². The van der Waals surface area contributed by atoms with Crippen molar-refractivity contribution >= 4 is 22.4 Å². The highest BCUT2D eigenvalue weighted by atomic mass is 32.1. The summed E-state index contributed by atoms with van der Waals surface area (Å²) in [5.41, 5.74) is 1.08. The van der Waals surface area contributed by atoms with Crippen LogP contribution < -0.4 is 19.5 Å². The van der Waals surface area contributed by atoms with Gasteiger partial charge >= 0.3 is 0 Å². The first-order chi connectivity index (χ1) is 16.3. The molecule has 0 saturated carbocycles. The third kappa shape index (κ3) is 3.34. The number of amides is 1. The van der Waals surface area contributed by atoms with Crippen molar-refractivity contribution in [2.45, 2.75) is 24.9 Å². The summed E-state index contributed by atoms with van der Waals surface area (Å²) in [6, 6.07) is 8.01. The van der Waals surface area contributed by atoms with Crippen LogP contribution in [0.25, 0.3) is 11.3 Å². The third-order valence-corrected chi connectivity index (χ3v) is 7.02. The van der Waals surface area contributed by atoms with Gasteiger partial charge in [-0.1, -0.05) is 17.4 Å². The van der Waals surface area contributed by atoms with Gasteiger partial charge in [0, 0.05) is 5.56 Å². The van der Waals surface area contributed by atoms with Gasteiger partial charge in [0.1, 0.15) is 12.1 Å². The van der Waals surface area contributed by atoms with Crippen LogP contribution in [-0.2, 0) is 15.8 Å². The molecule has 1 spiro atoms. The van der Waals surface area contributed by atoms with Crippen molar-refractivity contribution in [3.63, 3.8) is 0 Å². The first-order valence-corrected chi connectivity index (χ1v) is 11.2. The lowest BCUT2D eigenvalue weighted by molar-refractivity contribution is -0.167. The smallest absolute Gasteiger partial charge is 0.268 e. The molecule has 0 unspecified atom stereocenters. The highest BCUT2D eigenvalue weighted by molar-refractivity contribution is 7.16. The number of benzene rings is 1. The van der Waals surface area contributed by atoms with Crippen LogP contribution in [-0.4, -0.2) is 48.3 Å². The summed E-state index contributed by atoms with van der Waals surface area (Å²) in [6.07, 6.45) is 1.26. The van der Waals surface area contributed by atoms with E-state index in [0.29, 0.717) is 24.1 Å². The predicted molar refractivity (Wildman–Crippen MR) is 122 cm³/mol. The third-order valence-electron chi connectivity index (χ3n) is 5.87. The Bertz CT molecular complexity index is 1320. The van der Waals surface area contributed by atoms with Crippen LogP contribution in [0, 0.1) is 11.3 Å². The van der Waals surface area contributed by atoms with Gasteiger partial charge in [-0.15, -0.1) is 0 Å². The first-order valence-electron chi connectivity index (χ1n) is 10.4. The lowest BCUT2D eigenvalue weighted by Crippen LogP contribution is -2.52. The molecule has 0 bridgehead atoms. The molecule has 1 aromatic carbocycles. The standard InChI is InChI=1S/C23H21N5O5S/c1-22(2,8-24)12-5-6-13-14(7-12)33-23(9-32-10-23)17-16(13)27-21(34-17)28-18(29)15-19(30-3)25-11-26-20(15)31-4/h5-7,11H,9-10H2,1-4H3,(H,27,28,29). The summed E-state index contributed by atoms with van der Waals surface area (Å²) >= 11 is 1.32. The zero-order valence-electron chi connectivity index (χ0n) is 19.0. The minimum absolute atomic E-state index is 0.0717. The number of aromatic nitrogens is 3. The molecule has 5 rings (SSSR count). The Balaban J connectivity index is 1.54. The molecule has 174 valence electrons. The van der Waals surface area contributed by atoms with E-state index < -0.39 is 16.9 Å². The van der Waals surface area contributed by atoms with E-state index in [0.717, 1.165) is 21.7 Å². The SMILES string of the molecule is COc1ncnc(OC)c1C(=O)Nc1nc2c(s1)C1(COC1)Oc1cc(C(C)(C)C#N)ccc1-2. The van der Waals surface area contributed by atoms with Crippen LogP contribution in [0.4, 0.5) is 5.13 Å². The number of methoxy groups -OCH3 is 2. The highest BCUT2D eigenvalue weighted by Gasteiger charge is 2.50. The van der Waals surface area contributed by atoms with E-state index in [1.54, 1.807) is 0 Å². The molecule has 11 heteroatoms. The monoisotopic (exact) mass is 479 g/mol. The fraction of sp³-hybridized carbons (Fsp3) is 0.348. The number of rotatable bonds is 5. The van der Waals surface area contributed by atoms with Crippen molar-refractivity contribution in [2.24, 2.45) is 0 Å². The largest absolute Gasteiger partial charge is 0.480 e. The number of thiazole rings is 1. The Morgan fingerprint density at radius 1 is 1.24 bits per heavy atom. The molecule has 1 amide bonds. The number of carbonyl (C=O) groups excluding carboxylic acids is 1. The fourth-order valence-corrected chi connectivity index (χ4v) is 4.94. The second kappa shape index (κ2) is 7.93. The van der Waals surface area contributed by atoms with Crippen LogP contribution in [0.2, 0.25) is 0 Å². The zero-order chi connectivity index (χ0) is 24.1. The summed E-state index contributed by atoms with van der Waals surface area (Å²) in [5, 5.41) is 12.7. The van der Waals surface area contributed by atoms with Crippen LogP contribution in [0.3, 0.4) is 0 Å². The van der Waals surface area contributed by atoms with Crippen LogP contribution >= 0.6 is 11.3 Å². The Morgan fingerprint density at radius 2 is 1.94 bits per heavy atom. The molecule has 4 heterocycles. The zero-order valence-corrected chi connectivity index (χ0v) is 19.8. The molecular weight excluding hydrogens is 458 g/mol. The summed E-state index contributed by atoms with van der Waals surface area (Å²) in [4.78, 5) is 26.7. The number of carbonyl (C=O) groups is 1. The van der Waals surface area contributed by atoms with Crippen LogP contribution in [0.5, 0.6) is 17.5 Å². The van der Waals surface area contributed by atoms with E-state index in [4.69, 9.17) is 23.9 Å². The van der Waals surface area contributed by atoms with Gasteiger partial charge in [0.2, 0.25) is 11.8 Å². The maximum atomic E-state index is 13.1. The van der Waals surface area contributed by atoms with Crippen LogP contribution in [0.1, 0.15) is 34.6 Å². The number of nitrogens with one attached hydrogen (secondary N) is 1. The second-order valence-electron chi connectivity index (χ2n) is 8.45. The number of nitriles is 1. The molecule has 2 aliphatic heterocycles. The molecular formula is C23H21N5O5S. The van der Waals surface area contributed by atoms with Gasteiger partial charge in [-0.25, -0.2) is 15.0 Å². The topological polar surface area (TPSA) is 128 Å². The maximum absolute atomic E-state index is 13.1. The number of ether oxygens (including phenoxy) is 4. The summed E-state index contributed by atoms with van der Waals surface area (Å²) in [6.45, 7) is 4.46. The average Bonchev–Trinajstić information content (AvgIpc) is 3.25. The van der Waals surface area contributed by atoms with E-state index in [1.807, 2.05) is 32.0 Å². The molecule has 1 fully saturated rings. The van der Waals surface area contributed by atoms with Gasteiger partial charge in [0.25, 0.3) is 5.91 Å². The van der Waals surface area contributed by atoms with E-state index in [1.165, 1.54) is 31.9 Å². The average molecular weight is 480 g/mol. The predicted octanol–water partition coefficient (Wildman–Crippen LogP) is 3.29. The van der Waals surface area contributed by atoms with E-state index in [9.17, 15) is 10.1 Å². The van der Waals surface area contributed by atoms with Crippen molar-refractivity contribution in [1.29, 1.82) is 5.26 Å². The van der Waals surface area contributed by atoms with E-state index >= 15 is 0 Å². The van der Waals surface area contributed by atoms with Crippen molar-refractivity contribution in [1.82, 2.24) is 15.0 Å². The Morgan fingerprint density at radius 3 is 2.53 bits per heavy atom. The van der Waals surface area contributed by atoms with E-state index in [-0.39, 0.29) is 17.3 Å². The van der Waals surface area contributed by atoms with E-state index in [2.05, 4.69) is 21.4 Å². The summed E-state index contributed by atoms with van der Waals surface area (Å²) < 4.78 is 22.3. The second-order valence-corrected chi connectivity index (χ2v) is 9.45. The molecule has 2 aliphatic rings. The van der Waals surface area contributed by atoms with Crippen molar-refractivity contribution in [2.75, 3.05) is 32.8 Å². The molecule has 10 nitrogen and oxygen atoms in total.